The number of anilines is 2. The van der Waals surface area contributed by atoms with Crippen molar-refractivity contribution in [3.05, 3.63) is 40.8 Å². The number of nitrogens with two attached hydrogens (primary N) is 1. The van der Waals surface area contributed by atoms with E-state index in [1.807, 2.05) is 37.2 Å². The molecule has 6 heteroatoms. The first-order chi connectivity index (χ1) is 9.99. The summed E-state index contributed by atoms with van der Waals surface area (Å²) in [6, 6.07) is 10.1. The number of aromatic nitrogens is 1. The van der Waals surface area contributed by atoms with Crippen molar-refractivity contribution in [3.8, 4) is 0 Å². The van der Waals surface area contributed by atoms with Gasteiger partial charge < -0.3 is 15.5 Å². The molecule has 112 valence electrons. The second-order valence-electron chi connectivity index (χ2n) is 5.07. The summed E-state index contributed by atoms with van der Waals surface area (Å²) in [5.74, 6) is 0.231. The molecule has 0 bridgehead atoms. The minimum atomic E-state index is -0.0750. The molecule has 0 aliphatic heterocycles. The van der Waals surface area contributed by atoms with Crippen molar-refractivity contribution in [2.75, 3.05) is 38.3 Å². The van der Waals surface area contributed by atoms with E-state index in [4.69, 9.17) is 5.73 Å². The van der Waals surface area contributed by atoms with Crippen LogP contribution in [0.15, 0.2) is 30.3 Å². The Morgan fingerprint density at radius 2 is 1.90 bits per heavy atom. The van der Waals surface area contributed by atoms with Crippen molar-refractivity contribution >= 4 is 28.2 Å². The summed E-state index contributed by atoms with van der Waals surface area (Å²) in [4.78, 5) is 20.7. The zero-order valence-corrected chi connectivity index (χ0v) is 13.4. The molecular formula is C15H20N4OS. The van der Waals surface area contributed by atoms with Gasteiger partial charge in [0, 0.05) is 27.7 Å². The summed E-state index contributed by atoms with van der Waals surface area (Å²) in [5.41, 5.74) is 7.06. The second-order valence-corrected chi connectivity index (χ2v) is 6.05. The van der Waals surface area contributed by atoms with Crippen LogP contribution in [-0.4, -0.2) is 43.5 Å². The Morgan fingerprint density at radius 3 is 2.48 bits per heavy atom. The zero-order valence-electron chi connectivity index (χ0n) is 12.5. The molecule has 0 fully saturated rings. The van der Waals surface area contributed by atoms with Crippen LogP contribution in [0.25, 0.3) is 0 Å². The van der Waals surface area contributed by atoms with Crippen molar-refractivity contribution in [3.63, 3.8) is 0 Å². The fourth-order valence-electron chi connectivity index (χ4n) is 1.88. The second kappa shape index (κ2) is 6.58. The largest absolute Gasteiger partial charge is 0.382 e. The molecule has 1 aromatic carbocycles. The van der Waals surface area contributed by atoms with E-state index in [-0.39, 0.29) is 5.91 Å². The fraction of sp³-hybridized carbons (Fsp3) is 0.333. The molecule has 5 nitrogen and oxygen atoms in total. The summed E-state index contributed by atoms with van der Waals surface area (Å²) in [7, 11) is 5.55. The monoisotopic (exact) mass is 304 g/mol. The number of likely N-dealkylation sites (N-methyl/N-ethyl adjacent to an activating group) is 1. The number of rotatable bonds is 5. The standard InChI is InChI=1S/C15H20N4OS/c1-18(2)15-17-13(16)12(21-15)14(20)19(3)10-9-11-7-5-4-6-8-11/h4-8H,9-10,16H2,1-3H3. The third-order valence-electron chi connectivity index (χ3n) is 3.14. The maximum atomic E-state index is 12.4. The lowest BCUT2D eigenvalue weighted by Crippen LogP contribution is -2.28. The van der Waals surface area contributed by atoms with Crippen LogP contribution in [0, 0.1) is 0 Å². The minimum absolute atomic E-state index is 0.0750. The SMILES string of the molecule is CN(CCc1ccccc1)C(=O)c1sc(N(C)C)nc1N. The van der Waals surface area contributed by atoms with E-state index in [1.165, 1.54) is 16.9 Å². The third-order valence-corrected chi connectivity index (χ3v) is 4.37. The maximum absolute atomic E-state index is 12.4. The summed E-state index contributed by atoms with van der Waals surface area (Å²) in [5, 5.41) is 0.743. The summed E-state index contributed by atoms with van der Waals surface area (Å²) in [6.45, 7) is 0.650. The van der Waals surface area contributed by atoms with Gasteiger partial charge in [-0.05, 0) is 12.0 Å². The van der Waals surface area contributed by atoms with Gasteiger partial charge in [-0.2, -0.15) is 0 Å². The fourth-order valence-corrected chi connectivity index (χ4v) is 2.78. The normalized spacial score (nSPS) is 10.4. The Kier molecular flexibility index (Phi) is 4.80. The highest BCUT2D eigenvalue weighted by Gasteiger charge is 2.20. The Balaban J connectivity index is 2.02. The number of thiazole rings is 1. The predicted octanol–water partition coefficient (Wildman–Crippen LogP) is 2.11. The van der Waals surface area contributed by atoms with E-state index >= 15 is 0 Å². The molecule has 0 spiro atoms. The van der Waals surface area contributed by atoms with E-state index in [1.54, 1.807) is 11.9 Å². The molecule has 2 N–H and O–H groups in total. The molecular weight excluding hydrogens is 284 g/mol. The van der Waals surface area contributed by atoms with Crippen LogP contribution in [-0.2, 0) is 6.42 Å². The summed E-state index contributed by atoms with van der Waals surface area (Å²) < 4.78 is 0. The number of hydrogen-bond acceptors (Lipinski definition) is 5. The average Bonchev–Trinajstić information content (AvgIpc) is 2.87. The smallest absolute Gasteiger partial charge is 0.267 e. The molecule has 0 atom stereocenters. The molecule has 0 radical (unpaired) electrons. The van der Waals surface area contributed by atoms with Crippen molar-refractivity contribution in [1.29, 1.82) is 0 Å². The van der Waals surface area contributed by atoms with E-state index < -0.39 is 0 Å². The zero-order chi connectivity index (χ0) is 15.4. The molecule has 1 aromatic heterocycles. The lowest BCUT2D eigenvalue weighted by Gasteiger charge is -2.16. The number of amides is 1. The van der Waals surface area contributed by atoms with Crippen LogP contribution in [0.2, 0.25) is 0 Å². The Morgan fingerprint density at radius 1 is 1.24 bits per heavy atom. The van der Waals surface area contributed by atoms with Gasteiger partial charge in [-0.25, -0.2) is 4.98 Å². The molecule has 0 unspecified atom stereocenters. The van der Waals surface area contributed by atoms with Crippen LogP contribution in [0.3, 0.4) is 0 Å². The first-order valence-electron chi connectivity index (χ1n) is 6.72. The highest BCUT2D eigenvalue weighted by molar-refractivity contribution is 7.18. The number of carbonyl (C=O) groups excluding carboxylic acids is 1. The third kappa shape index (κ3) is 3.72. The van der Waals surface area contributed by atoms with E-state index in [9.17, 15) is 4.79 Å². The van der Waals surface area contributed by atoms with E-state index in [2.05, 4.69) is 17.1 Å². The van der Waals surface area contributed by atoms with Crippen LogP contribution < -0.4 is 10.6 Å². The molecule has 0 aliphatic carbocycles. The summed E-state index contributed by atoms with van der Waals surface area (Å²) in [6.07, 6.45) is 0.822. The Labute approximate surface area is 129 Å². The average molecular weight is 304 g/mol. The number of nitrogen functional groups attached to an aromatic ring is 1. The quantitative estimate of drug-likeness (QED) is 0.919. The molecule has 0 aliphatic rings. The van der Waals surface area contributed by atoms with Gasteiger partial charge in [-0.15, -0.1) is 0 Å². The molecule has 2 aromatic rings. The predicted molar refractivity (Wildman–Crippen MR) is 88.0 cm³/mol. The van der Waals surface area contributed by atoms with Gasteiger partial charge in [0.25, 0.3) is 5.91 Å². The molecule has 1 amide bonds. The van der Waals surface area contributed by atoms with Crippen LogP contribution in [0.4, 0.5) is 10.9 Å². The van der Waals surface area contributed by atoms with Gasteiger partial charge in [0.05, 0.1) is 0 Å². The first-order valence-corrected chi connectivity index (χ1v) is 7.53. The molecule has 0 saturated carbocycles. The summed E-state index contributed by atoms with van der Waals surface area (Å²) >= 11 is 1.32. The highest BCUT2D eigenvalue weighted by Crippen LogP contribution is 2.27. The lowest BCUT2D eigenvalue weighted by molar-refractivity contribution is 0.0802. The minimum Gasteiger partial charge on any atom is -0.382 e. The number of nitrogens with zero attached hydrogens (tertiary/aromatic N) is 3. The van der Waals surface area contributed by atoms with Gasteiger partial charge in [0.2, 0.25) is 0 Å². The van der Waals surface area contributed by atoms with E-state index in [0.29, 0.717) is 17.2 Å². The number of carbonyl (C=O) groups is 1. The van der Waals surface area contributed by atoms with Gasteiger partial charge in [-0.1, -0.05) is 41.7 Å². The van der Waals surface area contributed by atoms with Crippen LogP contribution in [0.1, 0.15) is 15.2 Å². The van der Waals surface area contributed by atoms with Gasteiger partial charge in [0.1, 0.15) is 10.7 Å². The molecule has 0 saturated heterocycles. The van der Waals surface area contributed by atoms with Crippen molar-refractivity contribution in [2.24, 2.45) is 0 Å². The maximum Gasteiger partial charge on any atom is 0.267 e. The van der Waals surface area contributed by atoms with Gasteiger partial charge in [0.15, 0.2) is 5.13 Å². The highest BCUT2D eigenvalue weighted by atomic mass is 32.1. The topological polar surface area (TPSA) is 62.5 Å². The van der Waals surface area contributed by atoms with Crippen LogP contribution >= 0.6 is 11.3 Å². The molecule has 21 heavy (non-hydrogen) atoms. The van der Waals surface area contributed by atoms with Crippen molar-refractivity contribution in [2.45, 2.75) is 6.42 Å². The van der Waals surface area contributed by atoms with Crippen molar-refractivity contribution < 1.29 is 4.79 Å². The first kappa shape index (κ1) is 15.3. The number of hydrogen-bond donors (Lipinski definition) is 1. The molecule has 2 rings (SSSR count). The van der Waals surface area contributed by atoms with Crippen molar-refractivity contribution in [1.82, 2.24) is 9.88 Å². The Hall–Kier alpha value is -2.08. The van der Waals surface area contributed by atoms with E-state index in [0.717, 1.165) is 11.6 Å². The van der Waals surface area contributed by atoms with Gasteiger partial charge in [-0.3, -0.25) is 4.79 Å². The molecule has 1 heterocycles. The lowest BCUT2D eigenvalue weighted by atomic mass is 10.1. The van der Waals surface area contributed by atoms with Gasteiger partial charge >= 0.3 is 0 Å². The van der Waals surface area contributed by atoms with Crippen LogP contribution in [0.5, 0.6) is 0 Å². The Bertz CT molecular complexity index is 609. The number of benzene rings is 1.